The van der Waals surface area contributed by atoms with Gasteiger partial charge in [-0.2, -0.15) is 12.8 Å². The minimum atomic E-state index is 0. The molecule has 0 saturated heterocycles. The third kappa shape index (κ3) is 57.2. The summed E-state index contributed by atoms with van der Waals surface area (Å²) in [6.07, 6.45) is 96.6. The van der Waals surface area contributed by atoms with Gasteiger partial charge in [-0.05, 0) is 111 Å². The molecule has 0 saturated carbocycles. The first-order valence-electron chi connectivity index (χ1n) is 44.2. The first kappa shape index (κ1) is 95.0. The summed E-state index contributed by atoms with van der Waals surface area (Å²) in [5, 5.41) is 0. The van der Waals surface area contributed by atoms with Crippen molar-refractivity contribution in [3.05, 3.63) is 101 Å². The zero-order valence-electron chi connectivity index (χ0n) is 67.0. The van der Waals surface area contributed by atoms with Crippen LogP contribution in [0.2, 0.25) is 0 Å². The molecule has 0 aliphatic carbocycles. The van der Waals surface area contributed by atoms with Crippen molar-refractivity contribution in [2.75, 3.05) is 0 Å². The van der Waals surface area contributed by atoms with Crippen LogP contribution >= 0.6 is 0 Å². The van der Waals surface area contributed by atoms with Gasteiger partial charge < -0.3 is 19.4 Å². The quantitative estimate of drug-likeness (QED) is 0.0273. The van der Waals surface area contributed by atoms with Crippen molar-refractivity contribution in [1.29, 1.82) is 0 Å². The number of benzene rings is 2. The number of nitrogens with zero attached hydrogens (tertiary/aromatic N) is 2. The Morgan fingerprint density at radius 2 is 0.423 bits per heavy atom. The van der Waals surface area contributed by atoms with E-state index in [4.69, 9.17) is 0 Å². The molecule has 2 nitrogen and oxygen atoms in total. The molecule has 0 spiro atoms. The van der Waals surface area contributed by atoms with Gasteiger partial charge in [0.2, 0.25) is 11.4 Å². The molecule has 0 fully saturated rings. The second-order valence-electron chi connectivity index (χ2n) is 30.7. The summed E-state index contributed by atoms with van der Waals surface area (Å²) in [6.45, 7) is 23.9. The zero-order chi connectivity index (χ0) is 69.5. The van der Waals surface area contributed by atoms with Gasteiger partial charge in [-0.3, -0.25) is 0 Å². The molecular formula is C94H170N2Ni. The van der Waals surface area contributed by atoms with Gasteiger partial charge in [0.15, 0.2) is 0 Å². The second kappa shape index (κ2) is 75.2. The first-order chi connectivity index (χ1) is 47.4. The molecule has 0 radical (unpaired) electrons. The van der Waals surface area contributed by atoms with Gasteiger partial charge in [0.05, 0.1) is 0 Å². The molecule has 3 heteroatoms. The Kier molecular flexibility index (Phi) is 73.6. The standard InChI is InChI=1S/C50H80N2.2C22H45.Ni/c1-6-11-16-19-22-27-32-44-36-45(33-28-23-20-17-12-7-2)40-48(39-44)50-46(34-29-24-21-18-13-8-3)41-49(52(50)51)47-37-42(30-25-14-9-4)35-43(38-47)31-26-15-10-5;2*1-3-5-7-9-11-13-15-17-19-21-22-20-18-16-14-12-10-8-6-4-2;/h35-41H,6-34H2,1-5H3;2*1,3-22H2,2H3;/q;2*-1;+2. The number of unbranched alkanes of at least 4 members (excludes halogenated alkanes) is 57. The van der Waals surface area contributed by atoms with E-state index in [1.165, 1.54) is 437 Å². The van der Waals surface area contributed by atoms with Crippen LogP contribution in [0.15, 0.2) is 48.0 Å². The van der Waals surface area contributed by atoms with E-state index < -0.39 is 0 Å². The molecule has 0 unspecified atom stereocenters. The molecule has 2 aromatic rings. The predicted octanol–water partition coefficient (Wildman–Crippen LogP) is 33.8. The Hall–Kier alpha value is -1.99. The van der Waals surface area contributed by atoms with Gasteiger partial charge in [0, 0.05) is 22.8 Å². The van der Waals surface area contributed by atoms with E-state index in [1.54, 1.807) is 4.70 Å². The average Bonchev–Trinajstić information content (AvgIpc) is 1.69. The first-order valence-corrected chi connectivity index (χ1v) is 44.2. The molecule has 2 aromatic carbocycles. The zero-order valence-corrected chi connectivity index (χ0v) is 67.9. The summed E-state index contributed by atoms with van der Waals surface area (Å²) in [5.41, 5.74) is 23.8. The fraction of sp³-hybridized carbons (Fsp3) is 0.809. The molecule has 0 N–H and O–H groups in total. The van der Waals surface area contributed by atoms with Crippen molar-refractivity contribution in [2.24, 2.45) is 0 Å². The maximum Gasteiger partial charge on any atom is 2.00 e. The van der Waals surface area contributed by atoms with Crippen LogP contribution in [-0.4, -0.2) is 4.70 Å². The van der Waals surface area contributed by atoms with Crippen LogP contribution < -0.4 is 0 Å². The van der Waals surface area contributed by atoms with Crippen LogP contribution in [0, 0.1) is 13.8 Å². The molecule has 3 rings (SSSR count). The summed E-state index contributed by atoms with van der Waals surface area (Å²) < 4.78 is 1.60. The Bertz CT molecular complexity index is 1880. The smallest absolute Gasteiger partial charge is 0.493 e. The van der Waals surface area contributed by atoms with Crippen molar-refractivity contribution in [1.82, 2.24) is 0 Å². The monoisotopic (exact) mass is 1390 g/mol. The number of aryl methyl sites for hydroxylation is 4. The maximum absolute atomic E-state index is 12.3. The van der Waals surface area contributed by atoms with Crippen molar-refractivity contribution in [3.63, 3.8) is 0 Å². The van der Waals surface area contributed by atoms with Gasteiger partial charge in [0.1, 0.15) is 0 Å². The Labute approximate surface area is 621 Å². The molecule has 566 valence electrons. The molecule has 1 heterocycles. The van der Waals surface area contributed by atoms with Gasteiger partial charge in [-0.1, -0.05) is 427 Å². The van der Waals surface area contributed by atoms with E-state index in [9.17, 15) is 5.53 Å². The van der Waals surface area contributed by atoms with Crippen molar-refractivity contribution in [3.8, 4) is 0 Å². The largest absolute Gasteiger partial charge is 2.00 e. The van der Waals surface area contributed by atoms with Crippen molar-refractivity contribution < 1.29 is 21.2 Å². The van der Waals surface area contributed by atoms with E-state index in [0.29, 0.717) is 0 Å². The van der Waals surface area contributed by atoms with Crippen molar-refractivity contribution >= 4 is 11.4 Å². The van der Waals surface area contributed by atoms with E-state index in [0.717, 1.165) is 56.3 Å². The summed E-state index contributed by atoms with van der Waals surface area (Å²) in [7, 11) is 0. The molecule has 97 heavy (non-hydrogen) atoms. The maximum atomic E-state index is 12.3. The van der Waals surface area contributed by atoms with Crippen LogP contribution in [0.5, 0.6) is 0 Å². The summed E-state index contributed by atoms with van der Waals surface area (Å²) in [4.78, 5) is 0. The normalized spacial score (nSPS) is 12.1. The van der Waals surface area contributed by atoms with Gasteiger partial charge >= 0.3 is 16.5 Å². The minimum Gasteiger partial charge on any atom is -0.493 e. The van der Waals surface area contributed by atoms with Crippen LogP contribution in [0.1, 0.15) is 499 Å². The van der Waals surface area contributed by atoms with Gasteiger partial charge in [-0.25, -0.2) is 4.70 Å². The minimum absolute atomic E-state index is 0. The van der Waals surface area contributed by atoms with Crippen LogP contribution in [0.4, 0.5) is 0 Å². The number of hydrogen-bond acceptors (Lipinski definition) is 0. The Morgan fingerprint density at radius 3 is 0.660 bits per heavy atom. The molecular weight excluding hydrogens is 1220 g/mol. The van der Waals surface area contributed by atoms with Crippen molar-refractivity contribution in [2.45, 2.75) is 492 Å². The number of hydrogen-bond donors (Lipinski definition) is 0. The van der Waals surface area contributed by atoms with Crippen LogP contribution in [0.25, 0.3) is 16.9 Å². The SMILES string of the molecule is CCCCCCCCC1=C(c2cc(CCCCCCCC)cc(CCCCCCCC)c2)[N+](=[N-])C(c2cc(CCCCC)cc(CCCCC)c2)=C1.[CH2-]CCCCCCCCCCCCCCCCCCCCC.[CH2-]CCCCCCCCCCCCCCCCCCCCC.[Ni+2]. The topological polar surface area (TPSA) is 25.3 Å². The predicted molar refractivity (Wildman–Crippen MR) is 437 cm³/mol. The summed E-state index contributed by atoms with van der Waals surface area (Å²) in [6, 6.07) is 14.6. The molecule has 0 atom stereocenters. The summed E-state index contributed by atoms with van der Waals surface area (Å²) >= 11 is 0. The number of rotatable bonds is 69. The van der Waals surface area contributed by atoms with E-state index in [-0.39, 0.29) is 16.5 Å². The van der Waals surface area contributed by atoms with Gasteiger partial charge in [0.25, 0.3) is 0 Å². The van der Waals surface area contributed by atoms with E-state index >= 15 is 0 Å². The molecule has 0 bridgehead atoms. The van der Waals surface area contributed by atoms with E-state index in [2.05, 4.69) is 105 Å². The third-order valence-corrected chi connectivity index (χ3v) is 21.0. The average molecular weight is 1390 g/mol. The fourth-order valence-corrected chi connectivity index (χ4v) is 14.6. The molecule has 1 aliphatic heterocycles. The Morgan fingerprint density at radius 1 is 0.237 bits per heavy atom. The Balaban J connectivity index is 0.00000169. The fourth-order valence-electron chi connectivity index (χ4n) is 14.6. The number of allylic oxidation sites excluding steroid dienone is 2. The van der Waals surface area contributed by atoms with E-state index in [1.807, 2.05) is 0 Å². The van der Waals surface area contributed by atoms with Crippen LogP contribution in [0.3, 0.4) is 0 Å². The van der Waals surface area contributed by atoms with Crippen LogP contribution in [-0.2, 0) is 42.2 Å². The third-order valence-electron chi connectivity index (χ3n) is 21.0. The van der Waals surface area contributed by atoms with Gasteiger partial charge in [-0.15, -0.1) is 0 Å². The summed E-state index contributed by atoms with van der Waals surface area (Å²) in [5.74, 6) is 0. The molecule has 0 aromatic heterocycles. The molecule has 1 aliphatic rings. The second-order valence-corrected chi connectivity index (χ2v) is 30.7. The molecule has 0 amide bonds.